The molecule has 2 N–H and O–H groups in total. The zero-order valence-corrected chi connectivity index (χ0v) is 26.7. The minimum absolute atomic E-state index is 0.0117. The van der Waals surface area contributed by atoms with Gasteiger partial charge in [0.2, 0.25) is 0 Å². The predicted octanol–water partition coefficient (Wildman–Crippen LogP) is 7.98. The third-order valence-corrected chi connectivity index (χ3v) is 8.66. The number of Topliss-reactive ketones (excluding diaryl/α,β-unsaturated/α-hetero) is 1. The van der Waals surface area contributed by atoms with Gasteiger partial charge in [-0.2, -0.15) is 0 Å². The molecule has 1 atom stereocenters. The van der Waals surface area contributed by atoms with Gasteiger partial charge >= 0.3 is 0 Å². The number of dihydropyridines is 1. The maximum Gasteiger partial charge on any atom is 0.255 e. The van der Waals surface area contributed by atoms with Crippen molar-refractivity contribution in [2.75, 3.05) is 12.4 Å². The predicted molar refractivity (Wildman–Crippen MR) is 168 cm³/mol. The van der Waals surface area contributed by atoms with E-state index in [0.717, 1.165) is 21.3 Å². The van der Waals surface area contributed by atoms with Crippen molar-refractivity contribution in [3.8, 4) is 11.5 Å². The van der Waals surface area contributed by atoms with E-state index in [1.807, 2.05) is 25.1 Å². The van der Waals surface area contributed by atoms with Crippen LogP contribution in [0.25, 0.3) is 0 Å². The lowest BCUT2D eigenvalue weighted by molar-refractivity contribution is -0.118. The summed E-state index contributed by atoms with van der Waals surface area (Å²) < 4.78 is 12.5. The van der Waals surface area contributed by atoms with Crippen LogP contribution in [0.1, 0.15) is 50.7 Å². The molecule has 7 nitrogen and oxygen atoms in total. The maximum absolute atomic E-state index is 13.9. The third kappa shape index (κ3) is 6.21. The van der Waals surface area contributed by atoms with Gasteiger partial charge in [-0.05, 0) is 76.7 Å². The Balaban J connectivity index is 1.57. The lowest BCUT2D eigenvalue weighted by Crippen LogP contribution is -2.39. The van der Waals surface area contributed by atoms with E-state index >= 15 is 0 Å². The molecule has 0 unspecified atom stereocenters. The van der Waals surface area contributed by atoms with Gasteiger partial charge in [0.05, 0.1) is 12.1 Å². The lowest BCUT2D eigenvalue weighted by Gasteiger charge is -2.39. The molecule has 1 aromatic heterocycles. The number of nitrogens with one attached hydrogen (secondary N) is 2. The van der Waals surface area contributed by atoms with Crippen LogP contribution in [0.2, 0.25) is 10.0 Å². The molecule has 42 heavy (non-hydrogen) atoms. The van der Waals surface area contributed by atoms with Crippen molar-refractivity contribution in [2.24, 2.45) is 5.41 Å². The fourth-order valence-electron chi connectivity index (χ4n) is 5.55. The minimum Gasteiger partial charge on any atom is -0.496 e. The third-order valence-electron chi connectivity index (χ3n) is 7.39. The van der Waals surface area contributed by atoms with E-state index in [-0.39, 0.29) is 23.7 Å². The van der Waals surface area contributed by atoms with Gasteiger partial charge in [-0.15, -0.1) is 0 Å². The second kappa shape index (κ2) is 12.1. The normalized spacial score (nSPS) is 17.9. The van der Waals surface area contributed by atoms with Gasteiger partial charge in [-0.1, -0.05) is 49.2 Å². The Morgan fingerprint density at radius 3 is 2.64 bits per heavy atom. The Kier molecular flexibility index (Phi) is 8.69. The molecule has 3 aromatic rings. The van der Waals surface area contributed by atoms with E-state index in [9.17, 15) is 9.59 Å². The Morgan fingerprint density at radius 2 is 1.93 bits per heavy atom. The quantitative estimate of drug-likeness (QED) is 0.265. The Morgan fingerprint density at radius 1 is 1.14 bits per heavy atom. The number of carbonyl (C=O) groups is 2. The number of aromatic nitrogens is 1. The number of hydrogen-bond acceptors (Lipinski definition) is 6. The first-order chi connectivity index (χ1) is 20.0. The highest BCUT2D eigenvalue weighted by Crippen LogP contribution is 2.47. The summed E-state index contributed by atoms with van der Waals surface area (Å²) in [7, 11) is 1.58. The zero-order valence-electron chi connectivity index (χ0n) is 23.6. The summed E-state index contributed by atoms with van der Waals surface area (Å²) in [4.78, 5) is 31.9. The van der Waals surface area contributed by atoms with Gasteiger partial charge < -0.3 is 20.1 Å². The Bertz CT molecular complexity index is 1630. The minimum atomic E-state index is -0.611. The summed E-state index contributed by atoms with van der Waals surface area (Å²) in [5, 5.41) is 7.02. The summed E-state index contributed by atoms with van der Waals surface area (Å²) in [5.41, 5.74) is 3.85. The Labute approximate surface area is 263 Å². The van der Waals surface area contributed by atoms with Crippen molar-refractivity contribution in [1.82, 2.24) is 10.3 Å². The zero-order chi connectivity index (χ0) is 30.2. The highest BCUT2D eigenvalue weighted by molar-refractivity contribution is 9.10. The van der Waals surface area contributed by atoms with Crippen LogP contribution in [0.3, 0.4) is 0 Å². The average Bonchev–Trinajstić information content (AvgIpc) is 2.93. The SMILES string of the molecule is COc1ccc([C@H]2C(C(=O)Nc3ccc(Br)cn3)=C(C)NC3=C2C(=O)CC(C)(C)C3)cc1COc1cccc(Cl)c1Cl. The first kappa shape index (κ1) is 30.1. The molecule has 2 aromatic carbocycles. The van der Waals surface area contributed by atoms with Gasteiger partial charge in [0.15, 0.2) is 5.78 Å². The molecule has 10 heteroatoms. The van der Waals surface area contributed by atoms with Gasteiger partial charge in [0, 0.05) is 51.1 Å². The number of rotatable bonds is 7. The van der Waals surface area contributed by atoms with Crippen LogP contribution in [-0.2, 0) is 16.2 Å². The molecule has 1 aliphatic carbocycles. The van der Waals surface area contributed by atoms with Crippen LogP contribution < -0.4 is 20.1 Å². The number of anilines is 1. The highest BCUT2D eigenvalue weighted by Gasteiger charge is 2.43. The topological polar surface area (TPSA) is 89.5 Å². The van der Waals surface area contributed by atoms with E-state index in [2.05, 4.69) is 45.4 Å². The molecule has 5 rings (SSSR count). The molecule has 0 radical (unpaired) electrons. The average molecular weight is 671 g/mol. The fraction of sp³-hybridized carbons (Fsp3) is 0.281. The maximum atomic E-state index is 13.9. The number of carbonyl (C=O) groups excluding carboxylic acids is 2. The number of amides is 1. The van der Waals surface area contributed by atoms with Crippen molar-refractivity contribution in [2.45, 2.75) is 46.1 Å². The number of benzene rings is 2. The monoisotopic (exact) mass is 669 g/mol. The van der Waals surface area contributed by atoms with Crippen LogP contribution in [0, 0.1) is 5.41 Å². The number of ketones is 1. The summed E-state index contributed by atoms with van der Waals surface area (Å²) in [5.74, 6) is 0.494. The number of pyridine rings is 1. The van der Waals surface area contributed by atoms with Crippen molar-refractivity contribution >= 4 is 56.6 Å². The summed E-state index contributed by atoms with van der Waals surface area (Å²) in [6, 6.07) is 14.3. The molecule has 1 amide bonds. The molecule has 218 valence electrons. The van der Waals surface area contributed by atoms with E-state index in [1.165, 1.54) is 0 Å². The smallest absolute Gasteiger partial charge is 0.255 e. The van der Waals surface area contributed by atoms with Crippen molar-refractivity contribution in [3.63, 3.8) is 0 Å². The molecule has 0 fully saturated rings. The highest BCUT2D eigenvalue weighted by atomic mass is 79.9. The number of halogens is 3. The standard InChI is InChI=1S/C32H30BrCl2N3O4/c1-17-27(31(40)38-26-11-9-20(33)15-36-26)28(29-22(37-17)13-32(2,3)14-23(29)39)18-8-10-24(41-4)19(12-18)16-42-25-7-5-6-21(34)30(25)35/h5-12,15,28,37H,13-14,16H2,1-4H3,(H,36,38,40)/t28-/m0/s1. The van der Waals surface area contributed by atoms with Crippen LogP contribution in [0.4, 0.5) is 5.82 Å². The molecule has 2 heterocycles. The van der Waals surface area contributed by atoms with E-state index in [0.29, 0.717) is 57.0 Å². The number of allylic oxidation sites excluding steroid dienone is 3. The van der Waals surface area contributed by atoms with Crippen LogP contribution in [0.5, 0.6) is 11.5 Å². The number of hydrogen-bond donors (Lipinski definition) is 2. The van der Waals surface area contributed by atoms with Crippen molar-refractivity contribution in [1.29, 1.82) is 0 Å². The largest absolute Gasteiger partial charge is 0.496 e. The van der Waals surface area contributed by atoms with Gasteiger partial charge in [0.25, 0.3) is 5.91 Å². The van der Waals surface area contributed by atoms with Crippen LogP contribution >= 0.6 is 39.1 Å². The lowest BCUT2D eigenvalue weighted by atomic mass is 9.68. The molecule has 0 saturated heterocycles. The number of nitrogens with zero attached hydrogens (tertiary/aromatic N) is 1. The Hall–Kier alpha value is -3.33. The van der Waals surface area contributed by atoms with E-state index in [4.69, 9.17) is 32.7 Å². The van der Waals surface area contributed by atoms with Crippen LogP contribution in [0.15, 0.2) is 81.7 Å². The molecule has 1 aliphatic heterocycles. The number of methoxy groups -OCH3 is 1. The number of ether oxygens (including phenoxy) is 2. The van der Waals surface area contributed by atoms with Crippen LogP contribution in [-0.4, -0.2) is 23.8 Å². The molecule has 0 saturated carbocycles. The van der Waals surface area contributed by atoms with Crippen molar-refractivity contribution < 1.29 is 19.1 Å². The molecule has 0 bridgehead atoms. The molecule has 0 spiro atoms. The van der Waals surface area contributed by atoms with Gasteiger partial charge in [0.1, 0.15) is 28.9 Å². The fourth-order valence-corrected chi connectivity index (χ4v) is 6.13. The van der Waals surface area contributed by atoms with E-state index < -0.39 is 5.92 Å². The molecule has 2 aliphatic rings. The van der Waals surface area contributed by atoms with E-state index in [1.54, 1.807) is 43.6 Å². The second-order valence-corrected chi connectivity index (χ2v) is 12.9. The molecular formula is C32H30BrCl2N3O4. The van der Waals surface area contributed by atoms with Gasteiger partial charge in [-0.3, -0.25) is 9.59 Å². The first-order valence-electron chi connectivity index (χ1n) is 13.4. The van der Waals surface area contributed by atoms with Crippen molar-refractivity contribution in [3.05, 3.63) is 103 Å². The molecular weight excluding hydrogens is 641 g/mol. The summed E-state index contributed by atoms with van der Waals surface area (Å²) in [6.45, 7) is 6.15. The van der Waals surface area contributed by atoms with Gasteiger partial charge in [-0.25, -0.2) is 4.98 Å². The summed E-state index contributed by atoms with van der Waals surface area (Å²) >= 11 is 15.9. The first-order valence-corrected chi connectivity index (χ1v) is 14.9. The summed E-state index contributed by atoms with van der Waals surface area (Å²) in [6.07, 6.45) is 2.68. The second-order valence-electron chi connectivity index (χ2n) is 11.2.